The molecule has 0 aliphatic carbocycles. The molecule has 2 rings (SSSR count). The van der Waals surface area contributed by atoms with Gasteiger partial charge >= 0.3 is 0 Å². The topological polar surface area (TPSA) is 0 Å². The van der Waals surface area contributed by atoms with E-state index in [-0.39, 0.29) is 0 Å². The number of rotatable bonds is 1. The summed E-state index contributed by atoms with van der Waals surface area (Å²) in [5.41, 5.74) is 2.04. The van der Waals surface area contributed by atoms with Gasteiger partial charge in [-0.3, -0.25) is 0 Å². The van der Waals surface area contributed by atoms with Gasteiger partial charge in [0.15, 0.2) is 0 Å². The molecule has 0 aliphatic heterocycles. The van der Waals surface area contributed by atoms with Gasteiger partial charge in [-0.05, 0) is 23.3 Å². The van der Waals surface area contributed by atoms with Gasteiger partial charge in [-0.1, -0.05) is 65.1 Å². The molecule has 0 bridgehead atoms. The average molecular weight is 258 g/mol. The first-order valence-corrected chi connectivity index (χ1v) is 5.52. The Morgan fingerprint density at radius 1 is 0.667 bits per heavy atom. The van der Waals surface area contributed by atoms with Gasteiger partial charge in [0.05, 0.1) is 15.1 Å². The molecule has 0 aliphatic rings. The van der Waals surface area contributed by atoms with E-state index in [4.69, 9.17) is 34.8 Å². The minimum absolute atomic E-state index is 0.401. The zero-order valence-electron chi connectivity index (χ0n) is 7.68. The predicted molar refractivity (Wildman–Crippen MR) is 66.9 cm³/mol. The average Bonchev–Trinajstić information content (AvgIpc) is 2.26. The van der Waals surface area contributed by atoms with Crippen LogP contribution in [-0.4, -0.2) is 0 Å². The molecular weight excluding hydrogens is 250 g/mol. The first-order chi connectivity index (χ1) is 7.18. The van der Waals surface area contributed by atoms with Crippen LogP contribution in [0.3, 0.4) is 0 Å². The molecule has 3 heteroatoms. The van der Waals surface area contributed by atoms with Crippen LogP contribution in [0.2, 0.25) is 15.1 Å². The molecule has 76 valence electrons. The van der Waals surface area contributed by atoms with E-state index in [0.717, 1.165) is 11.1 Å². The van der Waals surface area contributed by atoms with Gasteiger partial charge < -0.3 is 0 Å². The second-order valence-corrected chi connectivity index (χ2v) is 4.31. The van der Waals surface area contributed by atoms with Gasteiger partial charge in [0.1, 0.15) is 0 Å². The Balaban J connectivity index is 2.56. The van der Waals surface area contributed by atoms with Crippen molar-refractivity contribution in [2.24, 2.45) is 0 Å². The fourth-order valence-electron chi connectivity index (χ4n) is 1.35. The molecule has 0 atom stereocenters. The van der Waals surface area contributed by atoms with Crippen LogP contribution in [-0.2, 0) is 0 Å². The van der Waals surface area contributed by atoms with Crippen LogP contribution < -0.4 is 0 Å². The largest absolute Gasteiger partial charge is 0.0826 e. The fraction of sp³-hybridized carbons (Fsp3) is 0. The number of benzene rings is 2. The smallest absolute Gasteiger partial charge is 0.0778 e. The molecule has 0 unspecified atom stereocenters. The van der Waals surface area contributed by atoms with Gasteiger partial charge in [0, 0.05) is 0 Å². The van der Waals surface area contributed by atoms with Crippen LogP contribution in [0.5, 0.6) is 0 Å². The Morgan fingerprint density at radius 2 is 1.20 bits per heavy atom. The highest BCUT2D eigenvalue weighted by molar-refractivity contribution is 6.48. The van der Waals surface area contributed by atoms with E-state index in [1.165, 1.54) is 0 Å². The van der Waals surface area contributed by atoms with Crippen LogP contribution in [0.4, 0.5) is 0 Å². The molecule has 0 N–H and O–H groups in total. The molecule has 0 amide bonds. The molecule has 2 aromatic carbocycles. The summed E-state index contributed by atoms with van der Waals surface area (Å²) in [6, 6.07) is 13.5. The second-order valence-electron chi connectivity index (χ2n) is 3.12. The Kier molecular flexibility index (Phi) is 3.20. The second kappa shape index (κ2) is 4.44. The summed E-state index contributed by atoms with van der Waals surface area (Å²) in [4.78, 5) is 0. The zero-order chi connectivity index (χ0) is 10.8. The highest BCUT2D eigenvalue weighted by atomic mass is 35.5. The lowest BCUT2D eigenvalue weighted by Gasteiger charge is -2.05. The van der Waals surface area contributed by atoms with Crippen LogP contribution in [0.15, 0.2) is 42.5 Å². The lowest BCUT2D eigenvalue weighted by molar-refractivity contribution is 1.62. The maximum atomic E-state index is 5.95. The molecule has 0 nitrogen and oxygen atoms in total. The van der Waals surface area contributed by atoms with Gasteiger partial charge in [-0.2, -0.15) is 0 Å². The molecule has 0 saturated carbocycles. The van der Waals surface area contributed by atoms with Gasteiger partial charge in [0.25, 0.3) is 0 Å². The van der Waals surface area contributed by atoms with Crippen molar-refractivity contribution in [1.29, 1.82) is 0 Å². The Morgan fingerprint density at radius 3 is 1.73 bits per heavy atom. The Labute approximate surface area is 103 Å². The maximum absolute atomic E-state index is 5.95. The van der Waals surface area contributed by atoms with Crippen LogP contribution >= 0.6 is 34.8 Å². The molecule has 0 fully saturated rings. The van der Waals surface area contributed by atoms with Crippen molar-refractivity contribution in [3.8, 4) is 11.1 Å². The summed E-state index contributed by atoms with van der Waals surface area (Å²) in [7, 11) is 0. The van der Waals surface area contributed by atoms with Crippen molar-refractivity contribution >= 4 is 34.8 Å². The SMILES string of the molecule is Clc1cc(-c2ccccc2)cc(Cl)c1Cl. The van der Waals surface area contributed by atoms with Crippen molar-refractivity contribution in [1.82, 2.24) is 0 Å². The van der Waals surface area contributed by atoms with Crippen molar-refractivity contribution in [3.63, 3.8) is 0 Å². The zero-order valence-corrected chi connectivity index (χ0v) is 9.94. The van der Waals surface area contributed by atoms with E-state index in [1.54, 1.807) is 0 Å². The van der Waals surface area contributed by atoms with E-state index in [9.17, 15) is 0 Å². The van der Waals surface area contributed by atoms with Gasteiger partial charge in [-0.25, -0.2) is 0 Å². The van der Waals surface area contributed by atoms with Crippen molar-refractivity contribution in [2.45, 2.75) is 0 Å². The molecule has 0 heterocycles. The molecule has 0 aromatic heterocycles. The summed E-state index contributed by atoms with van der Waals surface area (Å²) in [6.45, 7) is 0. The van der Waals surface area contributed by atoms with Crippen molar-refractivity contribution < 1.29 is 0 Å². The van der Waals surface area contributed by atoms with Crippen LogP contribution in [0, 0.1) is 0 Å². The highest BCUT2D eigenvalue weighted by Gasteiger charge is 2.06. The van der Waals surface area contributed by atoms with E-state index < -0.39 is 0 Å². The number of halogens is 3. The molecule has 0 saturated heterocycles. The summed E-state index contributed by atoms with van der Waals surface area (Å²) in [5, 5.41) is 1.35. The van der Waals surface area contributed by atoms with Gasteiger partial charge in [-0.15, -0.1) is 0 Å². The summed E-state index contributed by atoms with van der Waals surface area (Å²) < 4.78 is 0. The maximum Gasteiger partial charge on any atom is 0.0778 e. The fourth-order valence-corrected chi connectivity index (χ4v) is 1.95. The summed E-state index contributed by atoms with van der Waals surface area (Å²) >= 11 is 17.8. The molecule has 2 aromatic rings. The van der Waals surface area contributed by atoms with Crippen molar-refractivity contribution in [3.05, 3.63) is 57.5 Å². The lowest BCUT2D eigenvalue weighted by atomic mass is 10.1. The van der Waals surface area contributed by atoms with Gasteiger partial charge in [0.2, 0.25) is 0 Å². The van der Waals surface area contributed by atoms with Crippen molar-refractivity contribution in [2.75, 3.05) is 0 Å². The third kappa shape index (κ3) is 2.28. The summed E-state index contributed by atoms with van der Waals surface area (Å²) in [5.74, 6) is 0. The highest BCUT2D eigenvalue weighted by Crippen LogP contribution is 2.34. The van der Waals surface area contributed by atoms with E-state index in [2.05, 4.69) is 0 Å². The molecule has 0 radical (unpaired) electrons. The third-order valence-electron chi connectivity index (χ3n) is 2.09. The molecular formula is C12H7Cl3. The van der Waals surface area contributed by atoms with E-state index in [1.807, 2.05) is 42.5 Å². The van der Waals surface area contributed by atoms with Crippen LogP contribution in [0.1, 0.15) is 0 Å². The monoisotopic (exact) mass is 256 g/mol. The lowest BCUT2D eigenvalue weighted by Crippen LogP contribution is -1.79. The van der Waals surface area contributed by atoms with E-state index >= 15 is 0 Å². The Bertz CT molecular complexity index is 454. The Hall–Kier alpha value is -0.690. The molecule has 0 spiro atoms. The number of hydrogen-bond acceptors (Lipinski definition) is 0. The first kappa shape index (κ1) is 10.8. The number of hydrogen-bond donors (Lipinski definition) is 0. The standard InChI is InChI=1S/C12H7Cl3/c13-10-6-9(7-11(14)12(10)15)8-4-2-1-3-5-8/h1-7H. The van der Waals surface area contributed by atoms with E-state index in [0.29, 0.717) is 15.1 Å². The minimum atomic E-state index is 0.401. The van der Waals surface area contributed by atoms with Crippen LogP contribution in [0.25, 0.3) is 11.1 Å². The molecule has 15 heavy (non-hydrogen) atoms. The quantitative estimate of drug-likeness (QED) is 0.607. The first-order valence-electron chi connectivity index (χ1n) is 4.38. The summed E-state index contributed by atoms with van der Waals surface area (Å²) in [6.07, 6.45) is 0. The predicted octanol–water partition coefficient (Wildman–Crippen LogP) is 5.31. The minimum Gasteiger partial charge on any atom is -0.0826 e. The third-order valence-corrected chi connectivity index (χ3v) is 3.29. The normalized spacial score (nSPS) is 10.3.